The summed E-state index contributed by atoms with van der Waals surface area (Å²) in [5.41, 5.74) is 1.23. The van der Waals surface area contributed by atoms with Crippen LogP contribution in [0.1, 0.15) is 26.7 Å². The molecule has 1 fully saturated rings. The predicted octanol–water partition coefficient (Wildman–Crippen LogP) is 2.66. The molecule has 1 aliphatic heterocycles. The third-order valence-electron chi connectivity index (χ3n) is 3.35. The molecule has 1 aromatic rings. The van der Waals surface area contributed by atoms with Gasteiger partial charge in [0.15, 0.2) is 0 Å². The minimum Gasteiger partial charge on any atom is -0.492 e. The third-order valence-corrected chi connectivity index (χ3v) is 3.35. The van der Waals surface area contributed by atoms with Gasteiger partial charge in [-0.2, -0.15) is 0 Å². The van der Waals surface area contributed by atoms with Crippen LogP contribution in [0, 0.1) is 0 Å². The molecule has 1 atom stereocenters. The molecule has 2 rings (SSSR count). The number of ether oxygens (including phenoxy) is 1. The molecule has 0 radical (unpaired) electrons. The van der Waals surface area contributed by atoms with Crippen molar-refractivity contribution in [3.63, 3.8) is 0 Å². The van der Waals surface area contributed by atoms with E-state index in [-0.39, 0.29) is 0 Å². The molecule has 0 aromatic heterocycles. The first kappa shape index (κ1) is 13.2. The van der Waals surface area contributed by atoms with Gasteiger partial charge in [-0.15, -0.1) is 0 Å². The van der Waals surface area contributed by atoms with Gasteiger partial charge >= 0.3 is 0 Å². The molecular formula is C15H24N2O. The Bertz CT molecular complexity index is 367. The van der Waals surface area contributed by atoms with Gasteiger partial charge in [0.25, 0.3) is 0 Å². The first-order chi connectivity index (χ1) is 8.81. The summed E-state index contributed by atoms with van der Waals surface area (Å²) in [6, 6.07) is 8.89. The Morgan fingerprint density at radius 2 is 2.17 bits per heavy atom. The highest BCUT2D eigenvalue weighted by Gasteiger charge is 2.16. The Morgan fingerprint density at radius 3 is 3.00 bits per heavy atom. The Balaban J connectivity index is 2.16. The van der Waals surface area contributed by atoms with E-state index in [1.165, 1.54) is 18.5 Å². The molecular weight excluding hydrogens is 224 g/mol. The lowest BCUT2D eigenvalue weighted by Crippen LogP contribution is -2.42. The fraction of sp³-hybridized carbons (Fsp3) is 0.600. The highest BCUT2D eigenvalue weighted by Crippen LogP contribution is 2.28. The average molecular weight is 248 g/mol. The van der Waals surface area contributed by atoms with E-state index in [9.17, 15) is 0 Å². The Morgan fingerprint density at radius 1 is 1.33 bits per heavy atom. The maximum Gasteiger partial charge on any atom is 0.142 e. The van der Waals surface area contributed by atoms with E-state index in [0.717, 1.165) is 32.0 Å². The second-order valence-corrected chi connectivity index (χ2v) is 4.91. The van der Waals surface area contributed by atoms with Gasteiger partial charge in [-0.3, -0.25) is 0 Å². The third kappa shape index (κ3) is 3.39. The summed E-state index contributed by atoms with van der Waals surface area (Å²) < 4.78 is 5.74. The smallest absolute Gasteiger partial charge is 0.142 e. The van der Waals surface area contributed by atoms with Crippen LogP contribution in [0.3, 0.4) is 0 Å². The SMILES string of the molecule is CCOc1ccccc1N1CCCCNC(C)C1. The van der Waals surface area contributed by atoms with Gasteiger partial charge in [-0.1, -0.05) is 12.1 Å². The zero-order valence-corrected chi connectivity index (χ0v) is 11.5. The van der Waals surface area contributed by atoms with Crippen molar-refractivity contribution < 1.29 is 4.74 Å². The minimum atomic E-state index is 0.528. The second kappa shape index (κ2) is 6.64. The number of anilines is 1. The normalized spacial score (nSPS) is 21.2. The van der Waals surface area contributed by atoms with Crippen molar-refractivity contribution >= 4 is 5.69 Å². The van der Waals surface area contributed by atoms with Gasteiger partial charge in [0.2, 0.25) is 0 Å². The number of nitrogens with zero attached hydrogens (tertiary/aromatic N) is 1. The van der Waals surface area contributed by atoms with E-state index in [4.69, 9.17) is 4.74 Å². The molecule has 0 saturated carbocycles. The molecule has 1 aromatic carbocycles. The Kier molecular flexibility index (Phi) is 4.88. The van der Waals surface area contributed by atoms with E-state index in [1.54, 1.807) is 0 Å². The molecule has 0 spiro atoms. The number of benzene rings is 1. The summed E-state index contributed by atoms with van der Waals surface area (Å²) in [6.45, 7) is 8.32. The standard InChI is InChI=1S/C15H24N2O/c1-3-18-15-9-5-4-8-14(15)17-11-7-6-10-16-13(2)12-17/h4-5,8-9,13,16H,3,6-7,10-12H2,1-2H3. The van der Waals surface area contributed by atoms with Crippen molar-refractivity contribution in [1.29, 1.82) is 0 Å². The van der Waals surface area contributed by atoms with Crippen LogP contribution in [0.15, 0.2) is 24.3 Å². The van der Waals surface area contributed by atoms with E-state index in [0.29, 0.717) is 6.04 Å². The molecule has 0 amide bonds. The number of hydrogen-bond donors (Lipinski definition) is 1. The van der Waals surface area contributed by atoms with Crippen LogP contribution < -0.4 is 15.0 Å². The number of rotatable bonds is 3. The first-order valence-electron chi connectivity index (χ1n) is 7.01. The van der Waals surface area contributed by atoms with Crippen molar-refractivity contribution in [3.8, 4) is 5.75 Å². The molecule has 0 aliphatic carbocycles. The lowest BCUT2D eigenvalue weighted by Gasteiger charge is -2.31. The fourth-order valence-corrected chi connectivity index (χ4v) is 2.48. The molecule has 100 valence electrons. The van der Waals surface area contributed by atoms with Gasteiger partial charge in [0, 0.05) is 19.1 Å². The summed E-state index contributed by atoms with van der Waals surface area (Å²) in [4.78, 5) is 2.45. The van der Waals surface area contributed by atoms with Gasteiger partial charge in [-0.05, 0) is 45.4 Å². The van der Waals surface area contributed by atoms with Crippen LogP contribution in [0.5, 0.6) is 5.75 Å². The zero-order valence-electron chi connectivity index (χ0n) is 11.5. The molecule has 1 unspecified atom stereocenters. The van der Waals surface area contributed by atoms with Gasteiger partial charge in [-0.25, -0.2) is 0 Å². The van der Waals surface area contributed by atoms with Crippen LogP contribution in [-0.4, -0.2) is 32.3 Å². The highest BCUT2D eigenvalue weighted by molar-refractivity contribution is 5.58. The van der Waals surface area contributed by atoms with Gasteiger partial charge < -0.3 is 15.0 Å². The number of para-hydroxylation sites is 2. The summed E-state index contributed by atoms with van der Waals surface area (Å²) in [6.07, 6.45) is 2.48. The van der Waals surface area contributed by atoms with Crippen molar-refractivity contribution in [2.24, 2.45) is 0 Å². The molecule has 1 saturated heterocycles. The van der Waals surface area contributed by atoms with Crippen molar-refractivity contribution in [1.82, 2.24) is 5.32 Å². The summed E-state index contributed by atoms with van der Waals surface area (Å²) >= 11 is 0. The predicted molar refractivity (Wildman–Crippen MR) is 76.5 cm³/mol. The largest absolute Gasteiger partial charge is 0.492 e. The first-order valence-corrected chi connectivity index (χ1v) is 7.01. The fourth-order valence-electron chi connectivity index (χ4n) is 2.48. The monoisotopic (exact) mass is 248 g/mol. The highest BCUT2D eigenvalue weighted by atomic mass is 16.5. The molecule has 3 nitrogen and oxygen atoms in total. The molecule has 1 heterocycles. The lowest BCUT2D eigenvalue weighted by atomic mass is 10.1. The maximum atomic E-state index is 5.74. The molecule has 3 heteroatoms. The van der Waals surface area contributed by atoms with E-state index < -0.39 is 0 Å². The minimum absolute atomic E-state index is 0.528. The second-order valence-electron chi connectivity index (χ2n) is 4.91. The lowest BCUT2D eigenvalue weighted by molar-refractivity contribution is 0.339. The maximum absolute atomic E-state index is 5.74. The Labute approximate surface area is 110 Å². The zero-order chi connectivity index (χ0) is 12.8. The summed E-state index contributed by atoms with van der Waals surface area (Å²) in [5, 5.41) is 3.55. The van der Waals surface area contributed by atoms with E-state index in [1.807, 2.05) is 13.0 Å². The average Bonchev–Trinajstić information content (AvgIpc) is 2.35. The number of hydrogen-bond acceptors (Lipinski definition) is 3. The van der Waals surface area contributed by atoms with Crippen LogP contribution in [-0.2, 0) is 0 Å². The van der Waals surface area contributed by atoms with Crippen molar-refractivity contribution in [3.05, 3.63) is 24.3 Å². The molecule has 0 bridgehead atoms. The van der Waals surface area contributed by atoms with Crippen LogP contribution in [0.4, 0.5) is 5.69 Å². The summed E-state index contributed by atoms with van der Waals surface area (Å²) in [5.74, 6) is 1.01. The summed E-state index contributed by atoms with van der Waals surface area (Å²) in [7, 11) is 0. The van der Waals surface area contributed by atoms with E-state index >= 15 is 0 Å². The van der Waals surface area contributed by atoms with E-state index in [2.05, 4.69) is 35.3 Å². The molecule has 1 aliphatic rings. The van der Waals surface area contributed by atoms with Crippen molar-refractivity contribution in [2.75, 3.05) is 31.1 Å². The Hall–Kier alpha value is -1.22. The molecule has 18 heavy (non-hydrogen) atoms. The topological polar surface area (TPSA) is 24.5 Å². The molecule has 1 N–H and O–H groups in total. The van der Waals surface area contributed by atoms with Gasteiger partial charge in [0.05, 0.1) is 12.3 Å². The van der Waals surface area contributed by atoms with Gasteiger partial charge in [0.1, 0.15) is 5.75 Å². The van der Waals surface area contributed by atoms with Crippen molar-refractivity contribution in [2.45, 2.75) is 32.7 Å². The van der Waals surface area contributed by atoms with Crippen LogP contribution >= 0.6 is 0 Å². The van der Waals surface area contributed by atoms with Crippen LogP contribution in [0.2, 0.25) is 0 Å². The number of nitrogens with one attached hydrogen (secondary N) is 1. The quantitative estimate of drug-likeness (QED) is 0.890. The van der Waals surface area contributed by atoms with Crippen LogP contribution in [0.25, 0.3) is 0 Å².